The summed E-state index contributed by atoms with van der Waals surface area (Å²) in [6.07, 6.45) is 1.46. The van der Waals surface area contributed by atoms with E-state index in [0.29, 0.717) is 21.3 Å². The second-order valence-corrected chi connectivity index (χ2v) is 5.53. The fourth-order valence-electron chi connectivity index (χ4n) is 1.77. The van der Waals surface area contributed by atoms with Crippen molar-refractivity contribution in [3.8, 4) is 5.75 Å². The number of carbonyl (C=O) groups is 2. The van der Waals surface area contributed by atoms with Gasteiger partial charge in [-0.25, -0.2) is 5.43 Å². The lowest BCUT2D eigenvalue weighted by Crippen LogP contribution is -2.18. The van der Waals surface area contributed by atoms with Gasteiger partial charge < -0.3 is 10.4 Å². The summed E-state index contributed by atoms with van der Waals surface area (Å²) in [6, 6.07) is 11.4. The van der Waals surface area contributed by atoms with Gasteiger partial charge in [-0.3, -0.25) is 9.59 Å². The Hall–Kier alpha value is -2.67. The van der Waals surface area contributed by atoms with Gasteiger partial charge in [-0.1, -0.05) is 6.07 Å². The molecule has 0 unspecified atom stereocenters. The first-order valence-electron chi connectivity index (χ1n) is 6.65. The lowest BCUT2D eigenvalue weighted by Gasteiger charge is -2.04. The van der Waals surface area contributed by atoms with Gasteiger partial charge in [0.05, 0.1) is 10.7 Å². The molecule has 2 aromatic rings. The fourth-order valence-corrected chi connectivity index (χ4v) is 2.17. The fraction of sp³-hybridized carbons (Fsp3) is 0.0625. The molecule has 23 heavy (non-hydrogen) atoms. The maximum atomic E-state index is 12.0. The van der Waals surface area contributed by atoms with Crippen LogP contribution >= 0.6 is 15.9 Å². The van der Waals surface area contributed by atoms with E-state index in [-0.39, 0.29) is 11.7 Å². The number of amides is 2. The number of hydrogen-bond acceptors (Lipinski definition) is 4. The van der Waals surface area contributed by atoms with Crippen molar-refractivity contribution in [3.63, 3.8) is 0 Å². The van der Waals surface area contributed by atoms with Crippen LogP contribution in [0.2, 0.25) is 0 Å². The molecule has 2 amide bonds. The molecule has 0 atom stereocenters. The van der Waals surface area contributed by atoms with Crippen molar-refractivity contribution >= 4 is 39.6 Å². The second-order valence-electron chi connectivity index (χ2n) is 4.67. The average Bonchev–Trinajstić information content (AvgIpc) is 2.50. The van der Waals surface area contributed by atoms with Gasteiger partial charge in [0.2, 0.25) is 5.91 Å². The molecule has 0 bridgehead atoms. The van der Waals surface area contributed by atoms with Gasteiger partial charge in [-0.05, 0) is 57.9 Å². The highest BCUT2D eigenvalue weighted by Crippen LogP contribution is 2.23. The smallest absolute Gasteiger partial charge is 0.271 e. The predicted octanol–water partition coefficient (Wildman–Crippen LogP) is 2.88. The van der Waals surface area contributed by atoms with Gasteiger partial charge in [-0.15, -0.1) is 0 Å². The SMILES string of the molecule is CC(=O)Nc1cccc(C(=O)N/N=C/c2ccc(O)c(Br)c2)c1. The zero-order valence-electron chi connectivity index (χ0n) is 12.2. The third-order valence-electron chi connectivity index (χ3n) is 2.80. The molecule has 2 rings (SSSR count). The molecule has 6 nitrogen and oxygen atoms in total. The highest BCUT2D eigenvalue weighted by Gasteiger charge is 2.05. The van der Waals surface area contributed by atoms with E-state index in [2.05, 4.69) is 31.8 Å². The Labute approximate surface area is 141 Å². The number of rotatable bonds is 4. The van der Waals surface area contributed by atoms with Crippen LogP contribution in [0.3, 0.4) is 0 Å². The molecule has 0 aliphatic rings. The summed E-state index contributed by atoms with van der Waals surface area (Å²) in [4.78, 5) is 23.0. The van der Waals surface area contributed by atoms with Crippen LogP contribution in [0.1, 0.15) is 22.8 Å². The largest absolute Gasteiger partial charge is 0.507 e. The highest BCUT2D eigenvalue weighted by atomic mass is 79.9. The van der Waals surface area contributed by atoms with Gasteiger partial charge in [0.15, 0.2) is 0 Å². The third-order valence-corrected chi connectivity index (χ3v) is 3.43. The molecule has 0 heterocycles. The Morgan fingerprint density at radius 2 is 2.00 bits per heavy atom. The molecule has 0 radical (unpaired) electrons. The monoisotopic (exact) mass is 375 g/mol. The van der Waals surface area contributed by atoms with Crippen molar-refractivity contribution in [2.24, 2.45) is 5.10 Å². The van der Waals surface area contributed by atoms with Crippen molar-refractivity contribution in [2.75, 3.05) is 5.32 Å². The molecule has 0 spiro atoms. The summed E-state index contributed by atoms with van der Waals surface area (Å²) >= 11 is 3.20. The van der Waals surface area contributed by atoms with Crippen LogP contribution < -0.4 is 10.7 Å². The highest BCUT2D eigenvalue weighted by molar-refractivity contribution is 9.10. The maximum Gasteiger partial charge on any atom is 0.271 e. The number of phenols is 1. The van der Waals surface area contributed by atoms with Crippen LogP contribution in [-0.4, -0.2) is 23.1 Å². The maximum absolute atomic E-state index is 12.0. The van der Waals surface area contributed by atoms with Crippen LogP contribution in [-0.2, 0) is 4.79 Å². The molecule has 0 aromatic heterocycles. The summed E-state index contributed by atoms with van der Waals surface area (Å²) in [5, 5.41) is 15.9. The van der Waals surface area contributed by atoms with Crippen molar-refractivity contribution in [1.82, 2.24) is 5.43 Å². The first-order valence-corrected chi connectivity index (χ1v) is 7.44. The first-order chi connectivity index (χ1) is 11.0. The molecule has 3 N–H and O–H groups in total. The van der Waals surface area contributed by atoms with Gasteiger partial charge >= 0.3 is 0 Å². The van der Waals surface area contributed by atoms with Crippen molar-refractivity contribution in [2.45, 2.75) is 6.92 Å². The summed E-state index contributed by atoms with van der Waals surface area (Å²) in [5.74, 6) is -0.481. The molecular weight excluding hydrogens is 362 g/mol. The summed E-state index contributed by atoms with van der Waals surface area (Å²) < 4.78 is 0.538. The van der Waals surface area contributed by atoms with Crippen LogP contribution in [0.15, 0.2) is 52.0 Å². The zero-order valence-corrected chi connectivity index (χ0v) is 13.8. The van der Waals surface area contributed by atoms with Crippen molar-refractivity contribution < 1.29 is 14.7 Å². The molecular formula is C16H14BrN3O3. The van der Waals surface area contributed by atoms with Crippen molar-refractivity contribution in [3.05, 3.63) is 58.1 Å². The Bertz CT molecular complexity index is 775. The minimum atomic E-state index is -0.397. The molecule has 7 heteroatoms. The topological polar surface area (TPSA) is 90.8 Å². The quantitative estimate of drug-likeness (QED) is 0.566. The van der Waals surface area contributed by atoms with Gasteiger partial charge in [0.1, 0.15) is 5.75 Å². The van der Waals surface area contributed by atoms with Crippen molar-refractivity contribution in [1.29, 1.82) is 0 Å². The van der Waals surface area contributed by atoms with Gasteiger partial charge in [0.25, 0.3) is 5.91 Å². The second kappa shape index (κ2) is 7.55. The van der Waals surface area contributed by atoms with Gasteiger partial charge in [-0.2, -0.15) is 5.10 Å². The lowest BCUT2D eigenvalue weighted by molar-refractivity contribution is -0.114. The molecule has 0 saturated heterocycles. The average molecular weight is 376 g/mol. The van der Waals surface area contributed by atoms with E-state index in [1.54, 1.807) is 36.4 Å². The van der Waals surface area contributed by atoms with E-state index in [4.69, 9.17) is 0 Å². The minimum absolute atomic E-state index is 0.126. The summed E-state index contributed by atoms with van der Waals surface area (Å²) in [5.41, 5.74) is 4.03. The molecule has 0 aliphatic carbocycles. The molecule has 0 fully saturated rings. The van der Waals surface area contributed by atoms with Crippen LogP contribution in [0.4, 0.5) is 5.69 Å². The number of benzene rings is 2. The number of aromatic hydroxyl groups is 1. The van der Waals surface area contributed by atoms with E-state index in [9.17, 15) is 14.7 Å². The standard InChI is InChI=1S/C16H14BrN3O3/c1-10(21)19-13-4-2-3-12(8-13)16(23)20-18-9-11-5-6-15(22)14(17)7-11/h2-9,22H,1H3,(H,19,21)(H,20,23)/b18-9+. The Morgan fingerprint density at radius 1 is 1.22 bits per heavy atom. The number of carbonyl (C=O) groups excluding carboxylic acids is 2. The Kier molecular flexibility index (Phi) is 5.48. The number of hydrazone groups is 1. The Balaban J connectivity index is 2.02. The van der Waals surface area contributed by atoms with E-state index in [1.165, 1.54) is 19.2 Å². The Morgan fingerprint density at radius 3 is 2.70 bits per heavy atom. The van der Waals surface area contributed by atoms with Crippen LogP contribution in [0, 0.1) is 0 Å². The molecule has 0 aliphatic heterocycles. The van der Waals surface area contributed by atoms with E-state index >= 15 is 0 Å². The molecule has 2 aromatic carbocycles. The summed E-state index contributed by atoms with van der Waals surface area (Å²) in [7, 11) is 0. The predicted molar refractivity (Wildman–Crippen MR) is 91.6 cm³/mol. The number of nitrogens with zero attached hydrogens (tertiary/aromatic N) is 1. The lowest BCUT2D eigenvalue weighted by atomic mass is 10.2. The number of nitrogens with one attached hydrogen (secondary N) is 2. The summed E-state index contributed by atoms with van der Waals surface area (Å²) in [6.45, 7) is 1.40. The van der Waals surface area contributed by atoms with E-state index in [0.717, 1.165) is 0 Å². The minimum Gasteiger partial charge on any atom is -0.507 e. The van der Waals surface area contributed by atoms with E-state index < -0.39 is 5.91 Å². The number of phenolic OH excluding ortho intramolecular Hbond substituents is 1. The number of halogens is 1. The zero-order chi connectivity index (χ0) is 16.8. The number of hydrogen-bond donors (Lipinski definition) is 3. The normalized spacial score (nSPS) is 10.5. The third kappa shape index (κ3) is 4.93. The molecule has 118 valence electrons. The van der Waals surface area contributed by atoms with Crippen LogP contribution in [0.5, 0.6) is 5.75 Å². The molecule has 0 saturated carbocycles. The van der Waals surface area contributed by atoms with E-state index in [1.807, 2.05) is 0 Å². The van der Waals surface area contributed by atoms with Crippen LogP contribution in [0.25, 0.3) is 0 Å². The van der Waals surface area contributed by atoms with Gasteiger partial charge in [0, 0.05) is 18.2 Å². The number of anilines is 1. The first kappa shape index (κ1) is 16.7.